The molecule has 2 heterocycles. The Morgan fingerprint density at radius 1 is 1.30 bits per heavy atom. The molecule has 0 amide bonds. The molecule has 0 radical (unpaired) electrons. The van der Waals surface area contributed by atoms with E-state index >= 15 is 0 Å². The van der Waals surface area contributed by atoms with Gasteiger partial charge in [0.1, 0.15) is 11.1 Å². The van der Waals surface area contributed by atoms with E-state index < -0.39 is 0 Å². The molecule has 108 valence electrons. The number of hydrogen-bond acceptors (Lipinski definition) is 4. The summed E-state index contributed by atoms with van der Waals surface area (Å²) >= 11 is 0. The third-order valence-corrected chi connectivity index (χ3v) is 3.22. The minimum Gasteiger partial charge on any atom is -0.493 e. The average molecular weight is 277 g/mol. The lowest BCUT2D eigenvalue weighted by atomic mass is 10.2. The smallest absolute Gasteiger partial charge is 0.332 e. The second-order valence-corrected chi connectivity index (χ2v) is 4.70. The van der Waals surface area contributed by atoms with Crippen molar-refractivity contribution in [2.24, 2.45) is 7.05 Å². The van der Waals surface area contributed by atoms with E-state index in [1.165, 1.54) is 9.13 Å². The highest BCUT2D eigenvalue weighted by Crippen LogP contribution is 2.24. The monoisotopic (exact) mass is 277 g/mol. The molecule has 0 bridgehead atoms. The number of aromatic nitrogens is 3. The zero-order valence-electron chi connectivity index (χ0n) is 12.3. The van der Waals surface area contributed by atoms with E-state index in [2.05, 4.69) is 4.98 Å². The van der Waals surface area contributed by atoms with E-state index in [1.807, 2.05) is 20.8 Å². The van der Waals surface area contributed by atoms with Gasteiger partial charge in [0.05, 0.1) is 6.61 Å². The molecule has 6 nitrogen and oxygen atoms in total. The molecule has 0 atom stereocenters. The van der Waals surface area contributed by atoms with E-state index in [0.717, 1.165) is 5.56 Å². The van der Waals surface area contributed by atoms with E-state index in [-0.39, 0.29) is 11.2 Å². The van der Waals surface area contributed by atoms with Gasteiger partial charge in [-0.15, -0.1) is 0 Å². The molecule has 6 heteroatoms. The molecule has 0 aliphatic rings. The molecule has 2 rings (SSSR count). The summed E-state index contributed by atoms with van der Waals surface area (Å²) in [6, 6.07) is 0. The van der Waals surface area contributed by atoms with Crippen molar-refractivity contribution in [1.29, 1.82) is 0 Å². The second-order valence-electron chi connectivity index (χ2n) is 4.70. The summed E-state index contributed by atoms with van der Waals surface area (Å²) in [5, 5.41) is 0.377. The van der Waals surface area contributed by atoms with Gasteiger partial charge in [-0.3, -0.25) is 13.9 Å². The molecule has 0 aliphatic heterocycles. The molecule has 0 spiro atoms. The molecule has 0 aliphatic carbocycles. The number of pyridine rings is 1. The predicted molar refractivity (Wildman–Crippen MR) is 77.4 cm³/mol. The van der Waals surface area contributed by atoms with Gasteiger partial charge in [-0.2, -0.15) is 0 Å². The van der Waals surface area contributed by atoms with Crippen LogP contribution in [0.5, 0.6) is 5.75 Å². The van der Waals surface area contributed by atoms with Crippen molar-refractivity contribution in [1.82, 2.24) is 14.1 Å². The fourth-order valence-corrected chi connectivity index (χ4v) is 2.27. The largest absolute Gasteiger partial charge is 0.493 e. The molecule has 0 saturated carbocycles. The Hall–Kier alpha value is -2.11. The Bertz CT molecular complexity index is 759. The molecule has 0 fully saturated rings. The fraction of sp³-hybridized carbons (Fsp3) is 0.500. The number of fused-ring (bicyclic) bond motifs is 1. The highest BCUT2D eigenvalue weighted by Gasteiger charge is 2.17. The SMILES string of the molecule is CCCn1c(=O)c2c(OCC)c(C)cnc2n(C)c1=O. The van der Waals surface area contributed by atoms with Crippen LogP contribution in [-0.2, 0) is 13.6 Å². The molecule has 20 heavy (non-hydrogen) atoms. The highest BCUT2D eigenvalue weighted by molar-refractivity contribution is 5.82. The van der Waals surface area contributed by atoms with Crippen molar-refractivity contribution in [2.45, 2.75) is 33.7 Å². The fourth-order valence-electron chi connectivity index (χ4n) is 2.27. The first kappa shape index (κ1) is 14.3. The van der Waals surface area contributed by atoms with Crippen LogP contribution >= 0.6 is 0 Å². The van der Waals surface area contributed by atoms with Crippen molar-refractivity contribution in [2.75, 3.05) is 6.61 Å². The standard InChI is InChI=1S/C14H19N3O3/c1-5-7-17-13(18)10-11(20-6-2)9(3)8-15-12(10)16(4)14(17)19/h8H,5-7H2,1-4H3. The first-order valence-corrected chi connectivity index (χ1v) is 6.74. The van der Waals surface area contributed by atoms with Gasteiger partial charge in [0.2, 0.25) is 0 Å². The number of hydrogen-bond donors (Lipinski definition) is 0. The molecule has 0 aromatic carbocycles. The van der Waals surface area contributed by atoms with E-state index in [9.17, 15) is 9.59 Å². The Labute approximate surface area is 116 Å². The van der Waals surface area contributed by atoms with Crippen molar-refractivity contribution in [3.05, 3.63) is 32.6 Å². The first-order valence-electron chi connectivity index (χ1n) is 6.74. The maximum Gasteiger partial charge on any atom is 0.332 e. The van der Waals surface area contributed by atoms with Crippen molar-refractivity contribution in [3.63, 3.8) is 0 Å². The zero-order valence-corrected chi connectivity index (χ0v) is 12.3. The molecular weight excluding hydrogens is 258 g/mol. The normalized spacial score (nSPS) is 11.0. The van der Waals surface area contributed by atoms with Gasteiger partial charge in [0.25, 0.3) is 5.56 Å². The van der Waals surface area contributed by atoms with Gasteiger partial charge in [0.15, 0.2) is 5.65 Å². The maximum atomic E-state index is 12.6. The average Bonchev–Trinajstić information content (AvgIpc) is 2.43. The summed E-state index contributed by atoms with van der Waals surface area (Å²) in [5.41, 5.74) is 0.479. The predicted octanol–water partition coefficient (Wildman–Crippen LogP) is 1.21. The van der Waals surface area contributed by atoms with Crippen molar-refractivity contribution in [3.8, 4) is 5.75 Å². The molecule has 0 N–H and O–H groups in total. The van der Waals surface area contributed by atoms with Gasteiger partial charge in [-0.25, -0.2) is 9.78 Å². The van der Waals surface area contributed by atoms with Gasteiger partial charge < -0.3 is 4.74 Å². The number of nitrogens with zero attached hydrogens (tertiary/aromatic N) is 3. The quantitative estimate of drug-likeness (QED) is 0.842. The number of aryl methyl sites for hydroxylation is 2. The number of ether oxygens (including phenoxy) is 1. The van der Waals surface area contributed by atoms with E-state index in [4.69, 9.17) is 4.74 Å². The topological polar surface area (TPSA) is 66.1 Å². The highest BCUT2D eigenvalue weighted by atomic mass is 16.5. The van der Waals surface area contributed by atoms with Crippen LogP contribution in [0.1, 0.15) is 25.8 Å². The third-order valence-electron chi connectivity index (χ3n) is 3.22. The molecule has 2 aromatic rings. The van der Waals surface area contributed by atoms with Crippen molar-refractivity contribution >= 4 is 11.0 Å². The summed E-state index contributed by atoms with van der Waals surface area (Å²) in [4.78, 5) is 29.0. The molecular formula is C14H19N3O3. The van der Waals surface area contributed by atoms with Gasteiger partial charge in [0, 0.05) is 25.4 Å². The lowest BCUT2D eigenvalue weighted by Crippen LogP contribution is -2.39. The van der Waals surface area contributed by atoms with Crippen LogP contribution in [0.4, 0.5) is 0 Å². The molecule has 0 saturated heterocycles. The Morgan fingerprint density at radius 2 is 2.00 bits per heavy atom. The summed E-state index contributed by atoms with van der Waals surface area (Å²) in [6.45, 7) is 6.47. The Balaban J connectivity index is 2.98. The van der Waals surface area contributed by atoms with Gasteiger partial charge in [-0.05, 0) is 20.3 Å². The van der Waals surface area contributed by atoms with Crippen LogP contribution in [0, 0.1) is 6.92 Å². The maximum absolute atomic E-state index is 12.6. The van der Waals surface area contributed by atoms with Crippen LogP contribution in [0.15, 0.2) is 15.8 Å². The minimum absolute atomic E-state index is 0.329. The lowest BCUT2D eigenvalue weighted by Gasteiger charge is -2.14. The van der Waals surface area contributed by atoms with Crippen LogP contribution in [0.3, 0.4) is 0 Å². The minimum atomic E-state index is -0.344. The summed E-state index contributed by atoms with van der Waals surface area (Å²) in [6.07, 6.45) is 2.33. The molecule has 0 unspecified atom stereocenters. The lowest BCUT2D eigenvalue weighted by molar-refractivity contribution is 0.341. The summed E-state index contributed by atoms with van der Waals surface area (Å²) < 4.78 is 8.23. The number of rotatable bonds is 4. The van der Waals surface area contributed by atoms with E-state index in [0.29, 0.717) is 36.4 Å². The van der Waals surface area contributed by atoms with Crippen LogP contribution < -0.4 is 16.0 Å². The second kappa shape index (κ2) is 5.48. The van der Waals surface area contributed by atoms with Crippen LogP contribution in [0.2, 0.25) is 0 Å². The van der Waals surface area contributed by atoms with E-state index in [1.54, 1.807) is 13.2 Å². The van der Waals surface area contributed by atoms with Gasteiger partial charge >= 0.3 is 5.69 Å². The van der Waals surface area contributed by atoms with Crippen LogP contribution in [0.25, 0.3) is 11.0 Å². The van der Waals surface area contributed by atoms with Crippen LogP contribution in [-0.4, -0.2) is 20.7 Å². The summed E-state index contributed by atoms with van der Waals surface area (Å²) in [7, 11) is 1.62. The summed E-state index contributed by atoms with van der Waals surface area (Å²) in [5.74, 6) is 0.517. The first-order chi connectivity index (χ1) is 9.52. The van der Waals surface area contributed by atoms with Crippen molar-refractivity contribution < 1.29 is 4.74 Å². The third kappa shape index (κ3) is 2.11. The Morgan fingerprint density at radius 3 is 2.60 bits per heavy atom. The van der Waals surface area contributed by atoms with Gasteiger partial charge in [-0.1, -0.05) is 6.92 Å². The zero-order chi connectivity index (χ0) is 14.9. The Kier molecular flexibility index (Phi) is 3.92. The molecule has 2 aromatic heterocycles.